The Morgan fingerprint density at radius 1 is 1.03 bits per heavy atom. The van der Waals surface area contributed by atoms with E-state index in [9.17, 15) is 0 Å². The minimum atomic E-state index is -0.721. The second kappa shape index (κ2) is 8.56. The number of hydrogen-bond donors (Lipinski definition) is 1. The molecule has 6 heterocycles. The van der Waals surface area contributed by atoms with Gasteiger partial charge in [0.05, 0.1) is 0 Å². The van der Waals surface area contributed by atoms with Crippen LogP contribution in [0.1, 0.15) is 77.8 Å². The van der Waals surface area contributed by atoms with Crippen LogP contribution in [0.3, 0.4) is 0 Å². The van der Waals surface area contributed by atoms with Crippen LogP contribution in [0.25, 0.3) is 0 Å². The van der Waals surface area contributed by atoms with E-state index in [2.05, 4.69) is 54.6 Å². The zero-order valence-corrected chi connectivity index (χ0v) is 21.6. The van der Waals surface area contributed by atoms with Gasteiger partial charge in [0.1, 0.15) is 6.10 Å². The first-order valence-electron chi connectivity index (χ1n) is 13.6. The largest absolute Gasteiger partial charge is 0.359 e. The fourth-order valence-electron chi connectivity index (χ4n) is 7.66. The number of nitrogens with one attached hydrogen (secondary N) is 1. The van der Waals surface area contributed by atoms with E-state index < -0.39 is 11.4 Å². The van der Waals surface area contributed by atoms with Crippen molar-refractivity contribution in [2.24, 2.45) is 23.7 Å². The molecule has 6 aliphatic rings. The normalized spacial score (nSPS) is 45.4. The fraction of sp³-hybridized carbons (Fsp3) is 0.852. The average molecular weight is 474 g/mol. The highest BCUT2D eigenvalue weighted by atomic mass is 17.3. The van der Waals surface area contributed by atoms with Crippen LogP contribution in [-0.4, -0.2) is 64.7 Å². The number of piperazine rings is 1. The van der Waals surface area contributed by atoms with E-state index >= 15 is 0 Å². The first-order valence-corrected chi connectivity index (χ1v) is 13.6. The Hall–Kier alpha value is -0.960. The van der Waals surface area contributed by atoms with Crippen LogP contribution >= 0.6 is 0 Å². The summed E-state index contributed by atoms with van der Waals surface area (Å²) in [6, 6.07) is 5.11. The number of rotatable bonds is 4. The smallest absolute Gasteiger partial charge is 0.201 e. The maximum absolute atomic E-state index is 6.81. The van der Waals surface area contributed by atoms with Crippen molar-refractivity contribution in [2.75, 3.05) is 26.2 Å². The molecular formula is C27H43N3O4. The summed E-state index contributed by atoms with van der Waals surface area (Å²) in [4.78, 5) is 21.1. The van der Waals surface area contributed by atoms with E-state index in [4.69, 9.17) is 19.2 Å². The molecule has 0 unspecified atom stereocenters. The summed E-state index contributed by atoms with van der Waals surface area (Å²) in [6.07, 6.45) is 3.89. The fourth-order valence-corrected chi connectivity index (χ4v) is 7.66. The maximum atomic E-state index is 6.81. The Bertz CT molecular complexity index is 883. The third-order valence-electron chi connectivity index (χ3n) is 9.76. The number of ether oxygens (including phenoxy) is 2. The number of aromatic amines is 1. The van der Waals surface area contributed by atoms with Gasteiger partial charge in [-0.3, -0.25) is 9.80 Å². The minimum Gasteiger partial charge on any atom is -0.359 e. The van der Waals surface area contributed by atoms with Crippen LogP contribution in [-0.2, 0) is 25.8 Å². The van der Waals surface area contributed by atoms with Crippen molar-refractivity contribution in [3.05, 3.63) is 23.5 Å². The lowest BCUT2D eigenvalue weighted by atomic mass is 9.57. The molecule has 1 N–H and O–H groups in total. The minimum absolute atomic E-state index is 0.0206. The topological polar surface area (TPSA) is 59.2 Å². The Morgan fingerprint density at radius 3 is 2.59 bits per heavy atom. The average Bonchev–Trinajstić information content (AvgIpc) is 3.15. The molecule has 0 amide bonds. The van der Waals surface area contributed by atoms with Gasteiger partial charge >= 0.3 is 0 Å². The lowest BCUT2D eigenvalue weighted by Gasteiger charge is -2.60. The highest BCUT2D eigenvalue weighted by Gasteiger charge is 2.69. The Balaban J connectivity index is 1.21. The summed E-state index contributed by atoms with van der Waals surface area (Å²) in [7, 11) is 0. The van der Waals surface area contributed by atoms with Crippen molar-refractivity contribution >= 4 is 0 Å². The molecule has 7 rings (SSSR count). The molecular weight excluding hydrogens is 430 g/mol. The van der Waals surface area contributed by atoms with Crippen molar-refractivity contribution in [3.8, 4) is 0 Å². The number of H-pyrrole nitrogens is 1. The summed E-state index contributed by atoms with van der Waals surface area (Å²) in [5.74, 6) is 0.958. The molecule has 6 fully saturated rings. The number of aromatic nitrogens is 1. The summed E-state index contributed by atoms with van der Waals surface area (Å²) in [5, 5.41) is 0. The Kier molecular flexibility index (Phi) is 5.90. The van der Waals surface area contributed by atoms with Crippen molar-refractivity contribution < 1.29 is 19.2 Å². The van der Waals surface area contributed by atoms with Crippen molar-refractivity contribution in [2.45, 2.75) is 96.7 Å². The lowest BCUT2D eigenvalue weighted by Crippen LogP contribution is -2.69. The number of nitrogens with zero attached hydrogens (tertiary/aromatic N) is 2. The first kappa shape index (κ1) is 23.4. The highest BCUT2D eigenvalue weighted by molar-refractivity contribution is 5.20. The van der Waals surface area contributed by atoms with Gasteiger partial charge in [-0.1, -0.05) is 13.8 Å². The molecule has 34 heavy (non-hydrogen) atoms. The van der Waals surface area contributed by atoms with Crippen molar-refractivity contribution in [1.82, 2.24) is 14.8 Å². The number of hydrogen-bond acceptors (Lipinski definition) is 6. The zero-order valence-electron chi connectivity index (χ0n) is 21.6. The summed E-state index contributed by atoms with van der Waals surface area (Å²) in [6.45, 7) is 16.8. The van der Waals surface area contributed by atoms with E-state index in [1.54, 1.807) is 0 Å². The highest BCUT2D eigenvalue weighted by Crippen LogP contribution is 2.62. The molecule has 0 radical (unpaired) electrons. The van der Waals surface area contributed by atoms with Gasteiger partial charge in [-0.05, 0) is 69.9 Å². The van der Waals surface area contributed by atoms with Crippen LogP contribution in [0.4, 0.5) is 0 Å². The molecule has 1 aliphatic carbocycles. The molecule has 2 bridgehead atoms. The van der Waals surface area contributed by atoms with Crippen LogP contribution in [0.5, 0.6) is 0 Å². The molecule has 5 aliphatic heterocycles. The third-order valence-corrected chi connectivity index (χ3v) is 9.76. The van der Waals surface area contributed by atoms with Gasteiger partial charge in [0, 0.05) is 62.5 Å². The van der Waals surface area contributed by atoms with Crippen molar-refractivity contribution in [1.29, 1.82) is 0 Å². The van der Waals surface area contributed by atoms with Gasteiger partial charge in [-0.25, -0.2) is 9.78 Å². The quantitative estimate of drug-likeness (QED) is 0.652. The van der Waals surface area contributed by atoms with E-state index in [-0.39, 0.29) is 12.4 Å². The van der Waals surface area contributed by atoms with Crippen LogP contribution < -0.4 is 0 Å². The molecule has 1 aromatic rings. The molecule has 7 nitrogen and oxygen atoms in total. The molecule has 5 saturated heterocycles. The van der Waals surface area contributed by atoms with Crippen LogP contribution in [0.15, 0.2) is 12.1 Å². The number of fused-ring (bicyclic) bond motifs is 2. The molecule has 0 aromatic carbocycles. The molecule has 1 saturated carbocycles. The van der Waals surface area contributed by atoms with Gasteiger partial charge in [-0.2, -0.15) is 0 Å². The maximum Gasteiger partial charge on any atom is 0.201 e. The van der Waals surface area contributed by atoms with E-state index in [0.717, 1.165) is 52.0 Å². The van der Waals surface area contributed by atoms with Gasteiger partial charge in [0.15, 0.2) is 11.9 Å². The Labute approximate surface area is 204 Å². The van der Waals surface area contributed by atoms with Gasteiger partial charge in [-0.15, -0.1) is 0 Å². The summed E-state index contributed by atoms with van der Waals surface area (Å²) in [5.41, 5.74) is 1.95. The molecule has 8 atom stereocenters. The zero-order chi connectivity index (χ0) is 23.7. The summed E-state index contributed by atoms with van der Waals surface area (Å²) < 4.78 is 13.3. The first-order chi connectivity index (χ1) is 16.3. The lowest BCUT2D eigenvalue weighted by molar-refractivity contribution is -0.571. The van der Waals surface area contributed by atoms with E-state index in [1.807, 2.05) is 6.92 Å². The SMILES string of the molecule is CC(C)N1CCN(Cc2ccc([C@@H]3O[C@@H]4O[C@@]5(C)CC[C@H]6[C@H](C)CC[C@@H]([C@H]3C)[C@@]46OO5)[nH]2)CC1. The standard InChI is InChI=1S/C27H43N3O4/c1-17(2)30-14-12-29(13-15-30)16-20-7-9-23(28-20)24-19(4)22-8-6-18(3)21-10-11-26(5)32-25(31-24)27(21,22)34-33-26/h7,9,17-19,21-22,24-25,28H,6,8,10-16H2,1-5H3/t18-,19-,21+,22+,24-,25-,26-,27-/m1/s1. The predicted octanol–water partition coefficient (Wildman–Crippen LogP) is 4.46. The second-order valence-electron chi connectivity index (χ2n) is 12.2. The molecule has 190 valence electrons. The van der Waals surface area contributed by atoms with Crippen molar-refractivity contribution in [3.63, 3.8) is 0 Å². The van der Waals surface area contributed by atoms with Gasteiger partial charge in [0.25, 0.3) is 0 Å². The van der Waals surface area contributed by atoms with Crippen LogP contribution in [0, 0.1) is 23.7 Å². The summed E-state index contributed by atoms with van der Waals surface area (Å²) >= 11 is 0. The third kappa shape index (κ3) is 3.70. The van der Waals surface area contributed by atoms with E-state index in [1.165, 1.54) is 17.8 Å². The predicted molar refractivity (Wildman–Crippen MR) is 129 cm³/mol. The van der Waals surface area contributed by atoms with Gasteiger partial charge in [0.2, 0.25) is 5.79 Å². The van der Waals surface area contributed by atoms with E-state index in [0.29, 0.717) is 29.7 Å². The second-order valence-corrected chi connectivity index (χ2v) is 12.2. The monoisotopic (exact) mass is 473 g/mol. The molecule has 1 spiro atoms. The van der Waals surface area contributed by atoms with Gasteiger partial charge < -0.3 is 14.5 Å². The molecule has 7 heteroatoms. The van der Waals surface area contributed by atoms with Crippen LogP contribution in [0.2, 0.25) is 0 Å². The Morgan fingerprint density at radius 2 is 1.82 bits per heavy atom. The molecule has 1 aromatic heterocycles.